The van der Waals surface area contributed by atoms with Crippen molar-refractivity contribution in [1.29, 1.82) is 0 Å². The zero-order chi connectivity index (χ0) is 10.5. The average molecular weight is 201 g/mol. The molecule has 0 aromatic rings. The van der Waals surface area contributed by atoms with Gasteiger partial charge in [-0.05, 0) is 32.4 Å². The van der Waals surface area contributed by atoms with Crippen molar-refractivity contribution in [2.75, 3.05) is 26.3 Å². The zero-order valence-corrected chi connectivity index (χ0v) is 9.98. The van der Waals surface area contributed by atoms with Gasteiger partial charge >= 0.3 is 0 Å². The summed E-state index contributed by atoms with van der Waals surface area (Å²) < 4.78 is 5.39. The molecule has 0 fully saturated rings. The van der Waals surface area contributed by atoms with E-state index in [2.05, 4.69) is 19.2 Å². The highest BCUT2D eigenvalue weighted by molar-refractivity contribution is 4.48. The largest absolute Gasteiger partial charge is 0.381 e. The third-order valence-electron chi connectivity index (χ3n) is 2.20. The molecule has 0 radical (unpaired) electrons. The fourth-order valence-corrected chi connectivity index (χ4v) is 1.35. The van der Waals surface area contributed by atoms with E-state index in [9.17, 15) is 0 Å². The maximum Gasteiger partial charge on any atom is 0.0478 e. The lowest BCUT2D eigenvalue weighted by Gasteiger charge is -2.04. The molecular formula is C12H27NO. The molecule has 0 aromatic heterocycles. The normalized spacial score (nSPS) is 10.7. The molecule has 14 heavy (non-hydrogen) atoms. The van der Waals surface area contributed by atoms with Crippen LogP contribution in [0.2, 0.25) is 0 Å². The Hall–Kier alpha value is -0.0800. The fraction of sp³-hybridized carbons (Fsp3) is 1.00. The Balaban J connectivity index is 2.78. The van der Waals surface area contributed by atoms with Crippen LogP contribution in [-0.2, 0) is 4.74 Å². The molecule has 0 aliphatic heterocycles. The molecular weight excluding hydrogens is 174 g/mol. The second-order valence-electron chi connectivity index (χ2n) is 3.78. The molecule has 0 saturated heterocycles. The van der Waals surface area contributed by atoms with Gasteiger partial charge in [0.15, 0.2) is 0 Å². The molecule has 0 bridgehead atoms. The van der Waals surface area contributed by atoms with Crippen LogP contribution in [-0.4, -0.2) is 26.3 Å². The minimum absolute atomic E-state index is 0.912. The van der Waals surface area contributed by atoms with E-state index >= 15 is 0 Å². The van der Waals surface area contributed by atoms with E-state index < -0.39 is 0 Å². The van der Waals surface area contributed by atoms with Crippen LogP contribution < -0.4 is 5.32 Å². The molecule has 0 unspecified atom stereocenters. The van der Waals surface area contributed by atoms with E-state index in [-0.39, 0.29) is 0 Å². The van der Waals surface area contributed by atoms with Crippen LogP contribution in [0.25, 0.3) is 0 Å². The monoisotopic (exact) mass is 201 g/mol. The molecule has 0 heterocycles. The number of rotatable bonds is 11. The van der Waals surface area contributed by atoms with Crippen LogP contribution >= 0.6 is 0 Å². The fourth-order valence-electron chi connectivity index (χ4n) is 1.35. The first-order valence-electron chi connectivity index (χ1n) is 6.20. The number of nitrogens with one attached hydrogen (secondary N) is 1. The van der Waals surface area contributed by atoms with Gasteiger partial charge < -0.3 is 10.1 Å². The standard InChI is InChI=1S/C12H27NO/c1-3-5-6-7-9-13-10-8-12-14-11-4-2/h13H,3-12H2,1-2H3. The van der Waals surface area contributed by atoms with Crippen molar-refractivity contribution in [2.24, 2.45) is 0 Å². The highest BCUT2D eigenvalue weighted by Crippen LogP contribution is 1.96. The summed E-state index contributed by atoms with van der Waals surface area (Å²) in [6, 6.07) is 0. The first-order chi connectivity index (χ1) is 6.91. The summed E-state index contributed by atoms with van der Waals surface area (Å²) in [5, 5.41) is 3.44. The molecule has 0 amide bonds. The Morgan fingerprint density at radius 1 is 0.786 bits per heavy atom. The van der Waals surface area contributed by atoms with Gasteiger partial charge in [-0.2, -0.15) is 0 Å². The molecule has 0 aliphatic rings. The summed E-state index contributed by atoms with van der Waals surface area (Å²) in [6.45, 7) is 8.50. The summed E-state index contributed by atoms with van der Waals surface area (Å²) in [6.07, 6.45) is 7.67. The van der Waals surface area contributed by atoms with E-state index in [1.54, 1.807) is 0 Å². The van der Waals surface area contributed by atoms with Gasteiger partial charge in [0, 0.05) is 13.2 Å². The lowest BCUT2D eigenvalue weighted by molar-refractivity contribution is 0.132. The quantitative estimate of drug-likeness (QED) is 0.519. The summed E-state index contributed by atoms with van der Waals surface area (Å²) in [4.78, 5) is 0. The van der Waals surface area contributed by atoms with Gasteiger partial charge in [-0.15, -0.1) is 0 Å². The van der Waals surface area contributed by atoms with Crippen molar-refractivity contribution in [3.8, 4) is 0 Å². The number of hydrogen-bond donors (Lipinski definition) is 1. The van der Waals surface area contributed by atoms with Crippen LogP contribution in [0.15, 0.2) is 0 Å². The van der Waals surface area contributed by atoms with E-state index in [0.29, 0.717) is 0 Å². The highest BCUT2D eigenvalue weighted by Gasteiger charge is 1.89. The lowest BCUT2D eigenvalue weighted by Crippen LogP contribution is -2.18. The van der Waals surface area contributed by atoms with Gasteiger partial charge in [0.2, 0.25) is 0 Å². The number of unbranched alkanes of at least 4 members (excludes halogenated alkanes) is 3. The second-order valence-corrected chi connectivity index (χ2v) is 3.78. The van der Waals surface area contributed by atoms with Crippen molar-refractivity contribution >= 4 is 0 Å². The van der Waals surface area contributed by atoms with Crippen molar-refractivity contribution < 1.29 is 4.74 Å². The minimum atomic E-state index is 0.912. The third kappa shape index (κ3) is 11.9. The van der Waals surface area contributed by atoms with Crippen LogP contribution in [0, 0.1) is 0 Å². The van der Waals surface area contributed by atoms with E-state index in [0.717, 1.165) is 32.6 Å². The zero-order valence-electron chi connectivity index (χ0n) is 9.98. The Morgan fingerprint density at radius 3 is 2.29 bits per heavy atom. The van der Waals surface area contributed by atoms with Crippen molar-refractivity contribution in [1.82, 2.24) is 5.32 Å². The summed E-state index contributed by atoms with van der Waals surface area (Å²) in [7, 11) is 0. The van der Waals surface area contributed by atoms with Crippen molar-refractivity contribution in [2.45, 2.75) is 52.4 Å². The van der Waals surface area contributed by atoms with Crippen LogP contribution in [0.1, 0.15) is 52.4 Å². The minimum Gasteiger partial charge on any atom is -0.381 e. The van der Waals surface area contributed by atoms with Gasteiger partial charge in [-0.3, -0.25) is 0 Å². The Morgan fingerprint density at radius 2 is 1.57 bits per heavy atom. The first kappa shape index (κ1) is 13.9. The van der Waals surface area contributed by atoms with Gasteiger partial charge in [-0.25, -0.2) is 0 Å². The Kier molecular flexibility index (Phi) is 12.8. The van der Waals surface area contributed by atoms with Gasteiger partial charge in [0.25, 0.3) is 0 Å². The Bertz CT molecular complexity index is 84.3. The first-order valence-corrected chi connectivity index (χ1v) is 6.20. The number of hydrogen-bond acceptors (Lipinski definition) is 2. The summed E-state index contributed by atoms with van der Waals surface area (Å²) >= 11 is 0. The van der Waals surface area contributed by atoms with Crippen LogP contribution in [0.3, 0.4) is 0 Å². The smallest absolute Gasteiger partial charge is 0.0478 e. The van der Waals surface area contributed by atoms with Crippen LogP contribution in [0.5, 0.6) is 0 Å². The molecule has 0 aliphatic carbocycles. The molecule has 0 aromatic carbocycles. The SMILES string of the molecule is CCCCCCNCCCOCCC. The van der Waals surface area contributed by atoms with Gasteiger partial charge in [0.05, 0.1) is 0 Å². The molecule has 1 N–H and O–H groups in total. The van der Waals surface area contributed by atoms with E-state index in [1.165, 1.54) is 32.2 Å². The molecule has 86 valence electrons. The average Bonchev–Trinajstić information content (AvgIpc) is 2.21. The predicted molar refractivity (Wildman–Crippen MR) is 62.7 cm³/mol. The molecule has 2 heteroatoms. The third-order valence-corrected chi connectivity index (χ3v) is 2.20. The molecule has 0 rings (SSSR count). The van der Waals surface area contributed by atoms with Crippen molar-refractivity contribution in [3.63, 3.8) is 0 Å². The maximum atomic E-state index is 5.39. The van der Waals surface area contributed by atoms with Gasteiger partial charge in [0.1, 0.15) is 0 Å². The Labute approximate surface area is 89.4 Å². The highest BCUT2D eigenvalue weighted by atomic mass is 16.5. The summed E-state index contributed by atoms with van der Waals surface area (Å²) in [5.41, 5.74) is 0. The van der Waals surface area contributed by atoms with Crippen molar-refractivity contribution in [3.05, 3.63) is 0 Å². The number of ether oxygens (including phenoxy) is 1. The second kappa shape index (κ2) is 12.9. The maximum absolute atomic E-state index is 5.39. The predicted octanol–water partition coefficient (Wildman–Crippen LogP) is 2.97. The molecule has 2 nitrogen and oxygen atoms in total. The lowest BCUT2D eigenvalue weighted by atomic mass is 10.2. The van der Waals surface area contributed by atoms with Gasteiger partial charge in [-0.1, -0.05) is 33.1 Å². The summed E-state index contributed by atoms with van der Waals surface area (Å²) in [5.74, 6) is 0. The molecule has 0 spiro atoms. The molecule has 0 atom stereocenters. The topological polar surface area (TPSA) is 21.3 Å². The van der Waals surface area contributed by atoms with E-state index in [4.69, 9.17) is 4.74 Å². The van der Waals surface area contributed by atoms with Crippen LogP contribution in [0.4, 0.5) is 0 Å². The van der Waals surface area contributed by atoms with E-state index in [1.807, 2.05) is 0 Å². The molecule has 0 saturated carbocycles.